The second-order valence-corrected chi connectivity index (χ2v) is 6.89. The van der Waals surface area contributed by atoms with Gasteiger partial charge in [0.05, 0.1) is 20.3 Å². The van der Waals surface area contributed by atoms with E-state index in [0.29, 0.717) is 50.0 Å². The first-order valence-corrected chi connectivity index (χ1v) is 9.16. The lowest BCUT2D eigenvalue weighted by molar-refractivity contribution is -0.144. The van der Waals surface area contributed by atoms with Gasteiger partial charge in [0, 0.05) is 31.1 Å². The molecule has 0 saturated carbocycles. The Kier molecular flexibility index (Phi) is 4.90. The molecule has 27 heavy (non-hydrogen) atoms. The number of fused-ring (bicyclic) bond motifs is 2. The number of carbonyl (C=O) groups is 1. The summed E-state index contributed by atoms with van der Waals surface area (Å²) in [5.41, 5.74) is 3.17. The molecule has 0 aliphatic carbocycles. The van der Waals surface area contributed by atoms with Gasteiger partial charge in [-0.05, 0) is 23.6 Å². The number of benzene rings is 2. The third kappa shape index (κ3) is 3.57. The second-order valence-electron chi connectivity index (χ2n) is 6.89. The highest BCUT2D eigenvalue weighted by Gasteiger charge is 2.32. The molecular weight excluding hydrogens is 346 g/mol. The Hall–Kier alpha value is -2.73. The highest BCUT2D eigenvalue weighted by atomic mass is 16.5. The quantitative estimate of drug-likeness (QED) is 0.894. The van der Waals surface area contributed by atoms with Crippen molar-refractivity contribution in [1.82, 2.24) is 4.90 Å². The Morgan fingerprint density at radius 1 is 1.19 bits per heavy atom. The molecule has 0 spiro atoms. The summed E-state index contributed by atoms with van der Waals surface area (Å²) >= 11 is 0. The highest BCUT2D eigenvalue weighted by Crippen LogP contribution is 2.38. The van der Waals surface area contributed by atoms with E-state index < -0.39 is 12.0 Å². The molecule has 1 N–H and O–H groups in total. The van der Waals surface area contributed by atoms with Crippen LogP contribution in [0.1, 0.15) is 23.1 Å². The van der Waals surface area contributed by atoms with E-state index in [1.165, 1.54) is 5.56 Å². The van der Waals surface area contributed by atoms with Crippen LogP contribution in [0.4, 0.5) is 0 Å². The summed E-state index contributed by atoms with van der Waals surface area (Å²) in [4.78, 5) is 13.9. The third-order valence-corrected chi connectivity index (χ3v) is 5.15. The number of carboxylic acids is 1. The topological polar surface area (TPSA) is 68.2 Å². The number of methoxy groups -OCH3 is 1. The van der Waals surface area contributed by atoms with Gasteiger partial charge in [0.1, 0.15) is 11.8 Å². The average molecular weight is 369 g/mol. The molecule has 2 aromatic carbocycles. The third-order valence-electron chi connectivity index (χ3n) is 5.15. The molecule has 1 atom stereocenters. The molecule has 2 aromatic rings. The van der Waals surface area contributed by atoms with Crippen molar-refractivity contribution in [2.24, 2.45) is 0 Å². The predicted molar refractivity (Wildman–Crippen MR) is 99.4 cm³/mol. The number of nitrogens with zero attached hydrogens (tertiary/aromatic N) is 1. The second kappa shape index (κ2) is 7.48. The molecule has 0 radical (unpaired) electrons. The molecule has 2 heterocycles. The van der Waals surface area contributed by atoms with Crippen LogP contribution in [-0.4, -0.2) is 42.3 Å². The average Bonchev–Trinajstić information content (AvgIpc) is 2.91. The standard InChI is InChI=1S/C21H23NO5/c1-25-18-11-20-19(26-7-4-8-27-20)10-16(18)13-22-12-15-6-3-2-5-14(15)9-17(22)21(23)24/h2-3,5-6,10-11,17H,4,7-9,12-13H2,1H3,(H,23,24). The molecule has 4 rings (SSSR count). The zero-order valence-corrected chi connectivity index (χ0v) is 15.3. The van der Waals surface area contributed by atoms with Crippen molar-refractivity contribution in [3.8, 4) is 17.2 Å². The van der Waals surface area contributed by atoms with Gasteiger partial charge < -0.3 is 19.3 Å². The number of hydrogen-bond donors (Lipinski definition) is 1. The first kappa shape index (κ1) is 17.7. The summed E-state index contributed by atoms with van der Waals surface area (Å²) in [5, 5.41) is 9.75. The van der Waals surface area contributed by atoms with Gasteiger partial charge in [0.15, 0.2) is 11.5 Å². The summed E-state index contributed by atoms with van der Waals surface area (Å²) < 4.78 is 17.1. The lowest BCUT2D eigenvalue weighted by atomic mass is 9.93. The molecule has 1 unspecified atom stereocenters. The van der Waals surface area contributed by atoms with Crippen molar-refractivity contribution < 1.29 is 24.1 Å². The maximum absolute atomic E-state index is 11.9. The SMILES string of the molecule is COc1cc2c(cc1CN1Cc3ccccc3CC1C(=O)O)OCCCO2. The molecule has 0 saturated heterocycles. The molecule has 2 aliphatic rings. The minimum absolute atomic E-state index is 0.463. The Morgan fingerprint density at radius 2 is 1.89 bits per heavy atom. The molecule has 6 heteroatoms. The van der Waals surface area contributed by atoms with Crippen LogP contribution in [0.2, 0.25) is 0 Å². The molecule has 142 valence electrons. The Labute approximate surface area is 158 Å². The molecule has 2 aliphatic heterocycles. The summed E-state index contributed by atoms with van der Waals surface area (Å²) in [7, 11) is 1.61. The van der Waals surface area contributed by atoms with E-state index in [2.05, 4.69) is 6.07 Å². The van der Waals surface area contributed by atoms with Crippen LogP contribution in [0.5, 0.6) is 17.2 Å². The van der Waals surface area contributed by atoms with Crippen molar-refractivity contribution >= 4 is 5.97 Å². The summed E-state index contributed by atoms with van der Waals surface area (Å²) in [6.07, 6.45) is 1.33. The fraction of sp³-hybridized carbons (Fsp3) is 0.381. The number of hydrogen-bond acceptors (Lipinski definition) is 5. The van der Waals surface area contributed by atoms with Gasteiger partial charge in [-0.25, -0.2) is 0 Å². The Bertz CT molecular complexity index is 850. The van der Waals surface area contributed by atoms with Gasteiger partial charge in [-0.3, -0.25) is 9.69 Å². The summed E-state index contributed by atoms with van der Waals surface area (Å²) in [6, 6.07) is 11.2. The maximum atomic E-state index is 11.9. The molecule has 0 aromatic heterocycles. The monoisotopic (exact) mass is 369 g/mol. The maximum Gasteiger partial charge on any atom is 0.321 e. The number of carboxylic acid groups (broad SMARTS) is 1. The van der Waals surface area contributed by atoms with Gasteiger partial charge in [-0.2, -0.15) is 0 Å². The zero-order chi connectivity index (χ0) is 18.8. The summed E-state index contributed by atoms with van der Waals surface area (Å²) in [5.74, 6) is 1.24. The Morgan fingerprint density at radius 3 is 2.59 bits per heavy atom. The van der Waals surface area contributed by atoms with E-state index >= 15 is 0 Å². The largest absolute Gasteiger partial charge is 0.496 e. The van der Waals surface area contributed by atoms with Crippen LogP contribution < -0.4 is 14.2 Å². The van der Waals surface area contributed by atoms with Crippen LogP contribution in [0.3, 0.4) is 0 Å². The lowest BCUT2D eigenvalue weighted by Gasteiger charge is -2.34. The summed E-state index contributed by atoms with van der Waals surface area (Å²) in [6.45, 7) is 2.27. The normalized spacial score (nSPS) is 19.1. The van der Waals surface area contributed by atoms with Crippen LogP contribution in [0, 0.1) is 0 Å². The number of rotatable bonds is 4. The molecule has 0 bridgehead atoms. The molecule has 0 amide bonds. The van der Waals surface area contributed by atoms with Crippen molar-refractivity contribution in [1.29, 1.82) is 0 Å². The van der Waals surface area contributed by atoms with Gasteiger partial charge in [-0.1, -0.05) is 24.3 Å². The van der Waals surface area contributed by atoms with Crippen LogP contribution in [-0.2, 0) is 24.3 Å². The minimum atomic E-state index is -0.808. The fourth-order valence-corrected chi connectivity index (χ4v) is 3.75. The van der Waals surface area contributed by atoms with Crippen molar-refractivity contribution in [2.75, 3.05) is 20.3 Å². The van der Waals surface area contributed by atoms with E-state index in [1.807, 2.05) is 35.2 Å². The van der Waals surface area contributed by atoms with E-state index in [9.17, 15) is 9.90 Å². The van der Waals surface area contributed by atoms with Gasteiger partial charge in [0.2, 0.25) is 0 Å². The van der Waals surface area contributed by atoms with Gasteiger partial charge in [0.25, 0.3) is 0 Å². The van der Waals surface area contributed by atoms with E-state index in [0.717, 1.165) is 17.5 Å². The van der Waals surface area contributed by atoms with Crippen LogP contribution in [0.25, 0.3) is 0 Å². The molecule has 0 fully saturated rings. The zero-order valence-electron chi connectivity index (χ0n) is 15.3. The first-order chi connectivity index (χ1) is 13.2. The number of aliphatic carboxylic acids is 1. The van der Waals surface area contributed by atoms with Gasteiger partial charge in [-0.15, -0.1) is 0 Å². The van der Waals surface area contributed by atoms with Crippen molar-refractivity contribution in [3.63, 3.8) is 0 Å². The van der Waals surface area contributed by atoms with Crippen molar-refractivity contribution in [2.45, 2.75) is 32.0 Å². The first-order valence-electron chi connectivity index (χ1n) is 9.16. The van der Waals surface area contributed by atoms with E-state index in [1.54, 1.807) is 7.11 Å². The smallest absolute Gasteiger partial charge is 0.321 e. The highest BCUT2D eigenvalue weighted by molar-refractivity contribution is 5.74. The number of ether oxygens (including phenoxy) is 3. The van der Waals surface area contributed by atoms with E-state index in [-0.39, 0.29) is 0 Å². The van der Waals surface area contributed by atoms with E-state index in [4.69, 9.17) is 14.2 Å². The Balaban J connectivity index is 1.66. The molecular formula is C21H23NO5. The van der Waals surface area contributed by atoms with Crippen LogP contribution in [0.15, 0.2) is 36.4 Å². The predicted octanol–water partition coefficient (Wildman–Crippen LogP) is 2.87. The minimum Gasteiger partial charge on any atom is -0.496 e. The lowest BCUT2D eigenvalue weighted by Crippen LogP contribution is -2.45. The van der Waals surface area contributed by atoms with Crippen molar-refractivity contribution in [3.05, 3.63) is 53.1 Å². The van der Waals surface area contributed by atoms with Gasteiger partial charge >= 0.3 is 5.97 Å². The molecule has 6 nitrogen and oxygen atoms in total. The fourth-order valence-electron chi connectivity index (χ4n) is 3.75. The van der Waals surface area contributed by atoms with Crippen LogP contribution >= 0.6 is 0 Å².